The van der Waals surface area contributed by atoms with Crippen LogP contribution < -0.4 is 5.32 Å². The van der Waals surface area contributed by atoms with Crippen molar-refractivity contribution in [2.45, 2.75) is 12.5 Å². The van der Waals surface area contributed by atoms with Gasteiger partial charge in [0.05, 0.1) is 16.3 Å². The lowest BCUT2D eigenvalue weighted by molar-refractivity contribution is -0.137. The van der Waals surface area contributed by atoms with Crippen LogP contribution in [0.4, 0.5) is 5.69 Å². The van der Waals surface area contributed by atoms with Gasteiger partial charge in [0, 0.05) is 0 Å². The minimum atomic E-state index is -1.01. The first-order valence-electron chi connectivity index (χ1n) is 4.89. The average molecular weight is 251 g/mol. The Morgan fingerprint density at radius 3 is 2.94 bits per heavy atom. The van der Waals surface area contributed by atoms with Crippen molar-refractivity contribution in [3.8, 4) is 6.07 Å². The van der Waals surface area contributed by atoms with Crippen LogP contribution in [0.1, 0.15) is 12.0 Å². The maximum Gasteiger partial charge on any atom is 0.326 e. The molecule has 0 saturated heterocycles. The highest BCUT2D eigenvalue weighted by atomic mass is 35.5. The molecule has 1 unspecified atom stereocenters. The van der Waals surface area contributed by atoms with Gasteiger partial charge in [-0.1, -0.05) is 23.7 Å². The van der Waals surface area contributed by atoms with Gasteiger partial charge < -0.3 is 10.4 Å². The van der Waals surface area contributed by atoms with Gasteiger partial charge in [-0.05, 0) is 18.6 Å². The third kappa shape index (κ3) is 3.23. The van der Waals surface area contributed by atoms with Crippen molar-refractivity contribution in [3.05, 3.63) is 41.4 Å². The number of carboxylic acid groups (broad SMARTS) is 1. The summed E-state index contributed by atoms with van der Waals surface area (Å²) in [5.41, 5.74) is 0.652. The van der Waals surface area contributed by atoms with Crippen molar-refractivity contribution in [3.63, 3.8) is 0 Å². The molecule has 4 nitrogen and oxygen atoms in total. The number of nitrogens with one attached hydrogen (secondary N) is 1. The molecule has 0 aliphatic rings. The molecule has 0 radical (unpaired) electrons. The van der Waals surface area contributed by atoms with Crippen LogP contribution in [0.15, 0.2) is 30.9 Å². The number of aliphatic carboxylic acids is 1. The molecule has 5 heteroatoms. The maximum atomic E-state index is 11.0. The second kappa shape index (κ2) is 5.92. The monoisotopic (exact) mass is 250 g/mol. The zero-order valence-electron chi connectivity index (χ0n) is 8.98. The van der Waals surface area contributed by atoms with Gasteiger partial charge in [0.25, 0.3) is 0 Å². The lowest BCUT2D eigenvalue weighted by atomic mass is 10.1. The van der Waals surface area contributed by atoms with Gasteiger partial charge >= 0.3 is 5.97 Å². The number of rotatable bonds is 5. The van der Waals surface area contributed by atoms with Gasteiger partial charge in [-0.15, -0.1) is 6.58 Å². The van der Waals surface area contributed by atoms with E-state index in [0.29, 0.717) is 10.7 Å². The molecule has 0 aliphatic heterocycles. The molecule has 0 aromatic heterocycles. The molecule has 0 aliphatic carbocycles. The zero-order chi connectivity index (χ0) is 12.8. The standard InChI is InChI=1S/C12H11ClN2O2/c1-2-4-11(12(16)17)15-10-6-3-5-9(13)8(10)7-14/h2-3,5-6,11,15H,1,4H2,(H,16,17). The number of hydrogen-bond donors (Lipinski definition) is 2. The number of anilines is 1. The molecule has 0 amide bonds. The Hall–Kier alpha value is -1.99. The van der Waals surface area contributed by atoms with E-state index in [2.05, 4.69) is 11.9 Å². The highest BCUT2D eigenvalue weighted by Crippen LogP contribution is 2.24. The minimum Gasteiger partial charge on any atom is -0.480 e. The summed E-state index contributed by atoms with van der Waals surface area (Å²) in [6.07, 6.45) is 1.76. The van der Waals surface area contributed by atoms with Crippen molar-refractivity contribution < 1.29 is 9.90 Å². The SMILES string of the molecule is C=CCC(Nc1cccc(Cl)c1C#N)C(=O)O. The summed E-state index contributed by atoms with van der Waals surface area (Å²) in [6.45, 7) is 3.49. The van der Waals surface area contributed by atoms with E-state index in [4.69, 9.17) is 22.0 Å². The molecule has 1 aromatic carbocycles. The molecule has 2 N–H and O–H groups in total. The Kier molecular flexibility index (Phi) is 4.56. The molecule has 0 bridgehead atoms. The summed E-state index contributed by atoms with van der Waals surface area (Å²) >= 11 is 5.84. The normalized spacial score (nSPS) is 11.3. The second-order valence-electron chi connectivity index (χ2n) is 3.33. The van der Waals surface area contributed by atoms with Gasteiger partial charge in [-0.3, -0.25) is 0 Å². The molecule has 88 valence electrons. The second-order valence-corrected chi connectivity index (χ2v) is 3.74. The molecule has 0 heterocycles. The van der Waals surface area contributed by atoms with E-state index in [0.717, 1.165) is 0 Å². The first-order valence-corrected chi connectivity index (χ1v) is 5.26. The molecule has 0 spiro atoms. The number of benzene rings is 1. The topological polar surface area (TPSA) is 73.1 Å². The van der Waals surface area contributed by atoms with E-state index in [1.54, 1.807) is 18.2 Å². The van der Waals surface area contributed by atoms with Crippen molar-refractivity contribution in [1.82, 2.24) is 0 Å². The van der Waals surface area contributed by atoms with Crippen LogP contribution in [0.3, 0.4) is 0 Å². The van der Waals surface area contributed by atoms with Crippen LogP contribution in [0.5, 0.6) is 0 Å². The minimum absolute atomic E-state index is 0.240. The fourth-order valence-corrected chi connectivity index (χ4v) is 1.55. The third-order valence-corrected chi connectivity index (χ3v) is 2.47. The van der Waals surface area contributed by atoms with E-state index >= 15 is 0 Å². The fraction of sp³-hybridized carbons (Fsp3) is 0.167. The van der Waals surface area contributed by atoms with E-state index in [-0.39, 0.29) is 12.0 Å². The maximum absolute atomic E-state index is 11.0. The number of carboxylic acids is 1. The van der Waals surface area contributed by atoms with Gasteiger partial charge in [0.15, 0.2) is 0 Å². The predicted molar refractivity (Wildman–Crippen MR) is 66.0 cm³/mol. The van der Waals surface area contributed by atoms with Crippen molar-refractivity contribution in [2.75, 3.05) is 5.32 Å². The quantitative estimate of drug-likeness (QED) is 0.788. The zero-order valence-corrected chi connectivity index (χ0v) is 9.74. The Balaban J connectivity index is 3.01. The molecule has 1 rings (SSSR count). The van der Waals surface area contributed by atoms with Gasteiger partial charge in [-0.25, -0.2) is 4.79 Å². The van der Waals surface area contributed by atoms with Crippen molar-refractivity contribution in [1.29, 1.82) is 5.26 Å². The lowest BCUT2D eigenvalue weighted by Gasteiger charge is -2.15. The summed E-state index contributed by atoms with van der Waals surface area (Å²) in [5, 5.41) is 21.0. The van der Waals surface area contributed by atoms with E-state index in [9.17, 15) is 4.79 Å². The molecular formula is C12H11ClN2O2. The summed E-state index contributed by atoms with van der Waals surface area (Å²) in [4.78, 5) is 11.0. The molecule has 1 atom stereocenters. The number of halogens is 1. The number of nitrogens with zero attached hydrogens (tertiary/aromatic N) is 1. The summed E-state index contributed by atoms with van der Waals surface area (Å²) in [7, 11) is 0. The first-order chi connectivity index (χ1) is 8.10. The highest BCUT2D eigenvalue weighted by Gasteiger charge is 2.17. The molecule has 17 heavy (non-hydrogen) atoms. The Labute approximate surface area is 104 Å². The number of hydrogen-bond acceptors (Lipinski definition) is 3. The summed E-state index contributed by atoms with van der Waals surface area (Å²) < 4.78 is 0. The Bertz CT molecular complexity index is 480. The molecule has 1 aromatic rings. The number of nitriles is 1. The summed E-state index contributed by atoms with van der Waals surface area (Å²) in [6, 6.07) is 5.96. The van der Waals surface area contributed by atoms with Crippen molar-refractivity contribution in [2.24, 2.45) is 0 Å². The fourth-order valence-electron chi connectivity index (χ4n) is 1.33. The van der Waals surface area contributed by atoms with E-state index in [1.165, 1.54) is 6.08 Å². The van der Waals surface area contributed by atoms with Crippen LogP contribution in [-0.2, 0) is 4.79 Å². The smallest absolute Gasteiger partial charge is 0.326 e. The molecule has 0 saturated carbocycles. The average Bonchev–Trinajstić information content (AvgIpc) is 2.28. The van der Waals surface area contributed by atoms with E-state index < -0.39 is 12.0 Å². The molecule has 0 fully saturated rings. The summed E-state index contributed by atoms with van der Waals surface area (Å²) in [5.74, 6) is -1.01. The van der Waals surface area contributed by atoms with Gasteiger partial charge in [0.2, 0.25) is 0 Å². The Morgan fingerprint density at radius 2 is 2.41 bits per heavy atom. The largest absolute Gasteiger partial charge is 0.480 e. The molecular weight excluding hydrogens is 240 g/mol. The van der Waals surface area contributed by atoms with Crippen LogP contribution in [0.25, 0.3) is 0 Å². The number of carbonyl (C=O) groups is 1. The first kappa shape index (κ1) is 13.1. The van der Waals surface area contributed by atoms with Crippen LogP contribution in [0.2, 0.25) is 5.02 Å². The predicted octanol–water partition coefficient (Wildman–Crippen LogP) is 2.65. The highest BCUT2D eigenvalue weighted by molar-refractivity contribution is 6.32. The van der Waals surface area contributed by atoms with Gasteiger partial charge in [0.1, 0.15) is 12.1 Å². The third-order valence-electron chi connectivity index (χ3n) is 2.16. The van der Waals surface area contributed by atoms with Gasteiger partial charge in [-0.2, -0.15) is 5.26 Å². The lowest BCUT2D eigenvalue weighted by Crippen LogP contribution is -2.28. The Morgan fingerprint density at radius 1 is 1.71 bits per heavy atom. The van der Waals surface area contributed by atoms with E-state index in [1.807, 2.05) is 6.07 Å². The van der Waals surface area contributed by atoms with Crippen LogP contribution in [0, 0.1) is 11.3 Å². The van der Waals surface area contributed by atoms with Crippen LogP contribution in [-0.4, -0.2) is 17.1 Å². The van der Waals surface area contributed by atoms with Crippen LogP contribution >= 0.6 is 11.6 Å². The van der Waals surface area contributed by atoms with Crippen molar-refractivity contribution >= 4 is 23.3 Å².